The normalized spacial score (nSPS) is 13.4. The first kappa shape index (κ1) is 14.8. The van der Waals surface area contributed by atoms with Crippen molar-refractivity contribution in [1.29, 1.82) is 0 Å². The van der Waals surface area contributed by atoms with Gasteiger partial charge in [-0.1, -0.05) is 6.07 Å². The van der Waals surface area contributed by atoms with Gasteiger partial charge in [0, 0.05) is 6.54 Å². The second kappa shape index (κ2) is 6.09. The highest BCUT2D eigenvalue weighted by Gasteiger charge is 2.26. The van der Waals surface area contributed by atoms with Crippen LogP contribution in [0.5, 0.6) is 5.75 Å². The highest BCUT2D eigenvalue weighted by Crippen LogP contribution is 2.17. The van der Waals surface area contributed by atoms with Crippen LogP contribution >= 0.6 is 0 Å². The molecule has 0 saturated carbocycles. The molecule has 1 N–H and O–H groups in total. The van der Waals surface area contributed by atoms with Crippen molar-refractivity contribution in [3.63, 3.8) is 0 Å². The molecule has 18 heavy (non-hydrogen) atoms. The van der Waals surface area contributed by atoms with Gasteiger partial charge in [-0.15, -0.1) is 0 Å². The topological polar surface area (TPSA) is 21.3 Å². The van der Waals surface area contributed by atoms with E-state index in [-0.39, 0.29) is 12.6 Å². The lowest BCUT2D eigenvalue weighted by Crippen LogP contribution is -2.35. The summed E-state index contributed by atoms with van der Waals surface area (Å²) in [5.41, 5.74) is 2.14. The maximum atomic E-state index is 11.9. The maximum Gasteiger partial charge on any atom is 0.401 e. The molecule has 1 atom stereocenters. The Morgan fingerprint density at radius 2 is 1.72 bits per heavy atom. The van der Waals surface area contributed by atoms with Crippen molar-refractivity contribution < 1.29 is 17.9 Å². The van der Waals surface area contributed by atoms with Crippen LogP contribution < -0.4 is 10.1 Å². The van der Waals surface area contributed by atoms with Gasteiger partial charge in [0.25, 0.3) is 0 Å². The van der Waals surface area contributed by atoms with Gasteiger partial charge in [-0.25, -0.2) is 0 Å². The predicted molar refractivity (Wildman–Crippen MR) is 64.9 cm³/mol. The highest BCUT2D eigenvalue weighted by atomic mass is 19.4. The zero-order valence-electron chi connectivity index (χ0n) is 10.8. The molecular weight excluding hydrogens is 243 g/mol. The van der Waals surface area contributed by atoms with Crippen LogP contribution in [0.15, 0.2) is 18.2 Å². The highest BCUT2D eigenvalue weighted by molar-refractivity contribution is 5.33. The molecule has 1 aromatic rings. The number of alkyl halides is 3. The van der Waals surface area contributed by atoms with E-state index in [9.17, 15) is 13.2 Å². The third-order valence-electron chi connectivity index (χ3n) is 2.29. The first-order valence-electron chi connectivity index (χ1n) is 5.79. The van der Waals surface area contributed by atoms with E-state index in [0.717, 1.165) is 11.1 Å². The van der Waals surface area contributed by atoms with E-state index in [1.165, 1.54) is 0 Å². The summed E-state index contributed by atoms with van der Waals surface area (Å²) in [5, 5.41) is 2.32. The number of benzene rings is 1. The van der Waals surface area contributed by atoms with Crippen molar-refractivity contribution in [2.75, 3.05) is 13.1 Å². The van der Waals surface area contributed by atoms with Crippen molar-refractivity contribution in [2.24, 2.45) is 0 Å². The fourth-order valence-electron chi connectivity index (χ4n) is 1.69. The minimum atomic E-state index is -4.18. The lowest BCUT2D eigenvalue weighted by molar-refractivity contribution is -0.125. The van der Waals surface area contributed by atoms with Gasteiger partial charge in [-0.05, 0) is 44.0 Å². The molecule has 1 aromatic carbocycles. The first-order valence-corrected chi connectivity index (χ1v) is 5.79. The molecule has 0 aliphatic heterocycles. The number of nitrogens with one attached hydrogen (secondary N) is 1. The summed E-state index contributed by atoms with van der Waals surface area (Å²) in [5.74, 6) is 0.689. The third kappa shape index (κ3) is 5.91. The quantitative estimate of drug-likeness (QED) is 0.878. The largest absolute Gasteiger partial charge is 0.489 e. The summed E-state index contributed by atoms with van der Waals surface area (Å²) < 4.78 is 41.4. The summed E-state index contributed by atoms with van der Waals surface area (Å²) in [4.78, 5) is 0. The molecule has 0 saturated heterocycles. The van der Waals surface area contributed by atoms with Crippen LogP contribution in [0.2, 0.25) is 0 Å². The second-order valence-corrected chi connectivity index (χ2v) is 4.50. The Morgan fingerprint density at radius 3 is 2.22 bits per heavy atom. The SMILES string of the molecule is Cc1cc(C)cc(OC(C)CNCC(F)(F)F)c1. The summed E-state index contributed by atoms with van der Waals surface area (Å²) in [6.45, 7) is 4.81. The lowest BCUT2D eigenvalue weighted by Gasteiger charge is -2.17. The van der Waals surface area contributed by atoms with Crippen LogP contribution in [0.25, 0.3) is 0 Å². The minimum Gasteiger partial charge on any atom is -0.489 e. The molecule has 0 aliphatic carbocycles. The van der Waals surface area contributed by atoms with Crippen LogP contribution in [0, 0.1) is 13.8 Å². The van der Waals surface area contributed by atoms with Gasteiger partial charge in [0.2, 0.25) is 0 Å². The summed E-state index contributed by atoms with van der Waals surface area (Å²) in [6.07, 6.45) is -4.49. The van der Waals surface area contributed by atoms with Crippen LogP contribution in [0.1, 0.15) is 18.1 Å². The molecule has 102 valence electrons. The van der Waals surface area contributed by atoms with Crippen LogP contribution in [-0.4, -0.2) is 25.4 Å². The van der Waals surface area contributed by atoms with Crippen molar-refractivity contribution in [3.05, 3.63) is 29.3 Å². The standard InChI is InChI=1S/C13H18F3NO/c1-9-4-10(2)6-12(5-9)18-11(3)7-17-8-13(14,15)16/h4-6,11,17H,7-8H2,1-3H3. The van der Waals surface area contributed by atoms with Crippen LogP contribution in [-0.2, 0) is 0 Å². The molecule has 0 radical (unpaired) electrons. The zero-order chi connectivity index (χ0) is 13.8. The smallest absolute Gasteiger partial charge is 0.401 e. The second-order valence-electron chi connectivity index (χ2n) is 4.50. The molecule has 0 fully saturated rings. The molecule has 0 bridgehead atoms. The molecule has 1 rings (SSSR count). The number of hydrogen-bond acceptors (Lipinski definition) is 2. The molecule has 0 amide bonds. The molecule has 5 heteroatoms. The molecule has 0 spiro atoms. The Morgan fingerprint density at radius 1 is 1.17 bits per heavy atom. The van der Waals surface area contributed by atoms with Gasteiger partial charge in [0.1, 0.15) is 11.9 Å². The van der Waals surface area contributed by atoms with Gasteiger partial charge in [0.05, 0.1) is 6.54 Å². The molecule has 0 aromatic heterocycles. The Labute approximate surface area is 105 Å². The summed E-state index contributed by atoms with van der Waals surface area (Å²) in [7, 11) is 0. The number of aryl methyl sites for hydroxylation is 2. The van der Waals surface area contributed by atoms with Crippen molar-refractivity contribution in [2.45, 2.75) is 33.1 Å². The van der Waals surface area contributed by atoms with Crippen molar-refractivity contribution in [3.8, 4) is 5.75 Å². The number of halogens is 3. The van der Waals surface area contributed by atoms with Gasteiger partial charge in [-0.3, -0.25) is 0 Å². The van der Waals surface area contributed by atoms with Gasteiger partial charge < -0.3 is 10.1 Å². The molecule has 0 aliphatic rings. The lowest BCUT2D eigenvalue weighted by atomic mass is 10.1. The fourth-order valence-corrected chi connectivity index (χ4v) is 1.69. The van der Waals surface area contributed by atoms with E-state index < -0.39 is 12.7 Å². The summed E-state index contributed by atoms with van der Waals surface area (Å²) >= 11 is 0. The average molecular weight is 261 g/mol. The maximum absolute atomic E-state index is 11.9. The molecule has 0 heterocycles. The summed E-state index contributed by atoms with van der Waals surface area (Å²) in [6, 6.07) is 5.75. The number of rotatable bonds is 5. The Kier molecular flexibility index (Phi) is 5.02. The Hall–Kier alpha value is -1.23. The van der Waals surface area contributed by atoms with Gasteiger partial charge >= 0.3 is 6.18 Å². The van der Waals surface area contributed by atoms with E-state index in [1.807, 2.05) is 32.0 Å². The molecule has 2 nitrogen and oxygen atoms in total. The predicted octanol–water partition coefficient (Wildman–Crippen LogP) is 3.22. The fraction of sp³-hybridized carbons (Fsp3) is 0.538. The first-order chi connectivity index (χ1) is 8.26. The Bertz CT molecular complexity index is 370. The third-order valence-corrected chi connectivity index (χ3v) is 2.29. The van der Waals surface area contributed by atoms with E-state index in [2.05, 4.69) is 5.32 Å². The van der Waals surface area contributed by atoms with E-state index in [4.69, 9.17) is 4.74 Å². The average Bonchev–Trinajstić information content (AvgIpc) is 2.12. The molecule has 1 unspecified atom stereocenters. The van der Waals surface area contributed by atoms with Crippen molar-refractivity contribution >= 4 is 0 Å². The van der Waals surface area contributed by atoms with Gasteiger partial charge in [-0.2, -0.15) is 13.2 Å². The minimum absolute atomic E-state index is 0.159. The van der Waals surface area contributed by atoms with Gasteiger partial charge in [0.15, 0.2) is 0 Å². The van der Waals surface area contributed by atoms with E-state index >= 15 is 0 Å². The monoisotopic (exact) mass is 261 g/mol. The van der Waals surface area contributed by atoms with E-state index in [0.29, 0.717) is 5.75 Å². The molecular formula is C13H18F3NO. The van der Waals surface area contributed by atoms with Crippen molar-refractivity contribution in [1.82, 2.24) is 5.32 Å². The van der Waals surface area contributed by atoms with Crippen LogP contribution in [0.3, 0.4) is 0 Å². The number of hydrogen-bond donors (Lipinski definition) is 1. The number of ether oxygens (including phenoxy) is 1. The Balaban J connectivity index is 2.42. The zero-order valence-corrected chi connectivity index (χ0v) is 10.8. The van der Waals surface area contributed by atoms with Crippen LogP contribution in [0.4, 0.5) is 13.2 Å². The van der Waals surface area contributed by atoms with E-state index in [1.54, 1.807) is 6.92 Å².